The first-order valence-electron chi connectivity index (χ1n) is 4.57. The first-order valence-corrected chi connectivity index (χ1v) is 5.33. The summed E-state index contributed by atoms with van der Waals surface area (Å²) in [6.07, 6.45) is -2.46. The summed E-state index contributed by atoms with van der Waals surface area (Å²) in [7, 11) is 0. The van der Waals surface area contributed by atoms with E-state index in [1.54, 1.807) is 6.92 Å². The van der Waals surface area contributed by atoms with Gasteiger partial charge in [0, 0.05) is 11.1 Å². The second-order valence-electron chi connectivity index (χ2n) is 3.31. The summed E-state index contributed by atoms with van der Waals surface area (Å²) in [5, 5.41) is 2.70. The Hall–Kier alpha value is -0.450. The van der Waals surface area contributed by atoms with E-state index in [4.69, 9.17) is 23.2 Å². The molecule has 0 heterocycles. The van der Waals surface area contributed by atoms with Crippen LogP contribution in [-0.2, 0) is 0 Å². The van der Waals surface area contributed by atoms with Crippen LogP contribution in [-0.4, -0.2) is 13.0 Å². The Balaban J connectivity index is 2.82. The van der Waals surface area contributed by atoms with Crippen LogP contribution in [0.3, 0.4) is 0 Å². The maximum atomic E-state index is 13.2. The minimum Gasteiger partial charge on any atom is -0.305 e. The molecule has 1 aromatic carbocycles. The molecule has 0 aromatic heterocycles. The molecule has 0 saturated heterocycles. The smallest absolute Gasteiger partial charge is 0.250 e. The Bertz CT molecular complexity index is 371. The van der Waals surface area contributed by atoms with Crippen molar-refractivity contribution >= 4 is 23.2 Å². The van der Waals surface area contributed by atoms with Crippen LogP contribution >= 0.6 is 23.2 Å². The molecular weight excluding hydrogens is 262 g/mol. The van der Waals surface area contributed by atoms with Crippen LogP contribution < -0.4 is 5.32 Å². The van der Waals surface area contributed by atoms with Crippen molar-refractivity contribution in [2.75, 3.05) is 6.54 Å². The molecule has 0 fully saturated rings. The van der Waals surface area contributed by atoms with Crippen molar-refractivity contribution in [3.8, 4) is 0 Å². The topological polar surface area (TPSA) is 12.0 Å². The van der Waals surface area contributed by atoms with Gasteiger partial charge in [-0.2, -0.15) is 0 Å². The summed E-state index contributed by atoms with van der Waals surface area (Å²) in [6.45, 7) is 1.15. The van der Waals surface area contributed by atoms with Crippen molar-refractivity contribution in [2.45, 2.75) is 19.4 Å². The van der Waals surface area contributed by atoms with Crippen molar-refractivity contribution in [1.82, 2.24) is 5.32 Å². The molecule has 1 aromatic rings. The molecule has 6 heteroatoms. The van der Waals surface area contributed by atoms with E-state index in [0.29, 0.717) is 5.56 Å². The van der Waals surface area contributed by atoms with Crippen LogP contribution in [0.2, 0.25) is 10.0 Å². The average Bonchev–Trinajstić information content (AvgIpc) is 2.20. The molecule has 1 N–H and O–H groups in total. The Morgan fingerprint density at radius 1 is 1.25 bits per heavy atom. The van der Waals surface area contributed by atoms with Crippen molar-refractivity contribution in [1.29, 1.82) is 0 Å². The van der Waals surface area contributed by atoms with Crippen LogP contribution in [0, 0.1) is 5.82 Å². The third-order valence-electron chi connectivity index (χ3n) is 2.08. The normalized spacial score (nSPS) is 13.2. The van der Waals surface area contributed by atoms with Crippen molar-refractivity contribution in [2.24, 2.45) is 0 Å². The van der Waals surface area contributed by atoms with E-state index in [1.807, 2.05) is 0 Å². The number of hydrogen-bond donors (Lipinski definition) is 1. The van der Waals surface area contributed by atoms with Gasteiger partial charge in [0.1, 0.15) is 5.82 Å². The molecule has 0 spiro atoms. The molecule has 16 heavy (non-hydrogen) atoms. The van der Waals surface area contributed by atoms with Gasteiger partial charge < -0.3 is 5.32 Å². The lowest BCUT2D eigenvalue weighted by atomic mass is 10.1. The number of alkyl halides is 2. The van der Waals surface area contributed by atoms with E-state index in [9.17, 15) is 13.2 Å². The molecule has 1 rings (SSSR count). The molecule has 0 aliphatic heterocycles. The predicted octanol–water partition coefficient (Wildman–Crippen LogP) is 4.05. The molecule has 90 valence electrons. The zero-order chi connectivity index (χ0) is 12.3. The largest absolute Gasteiger partial charge is 0.305 e. The van der Waals surface area contributed by atoms with Gasteiger partial charge in [0.15, 0.2) is 0 Å². The minimum atomic E-state index is -2.46. The maximum absolute atomic E-state index is 13.2. The Kier molecular flexibility index (Phi) is 4.89. The summed E-state index contributed by atoms with van der Waals surface area (Å²) in [6, 6.07) is 1.94. The van der Waals surface area contributed by atoms with E-state index < -0.39 is 24.8 Å². The summed E-state index contributed by atoms with van der Waals surface area (Å²) in [5.41, 5.74) is 0.407. The van der Waals surface area contributed by atoms with Gasteiger partial charge in [-0.1, -0.05) is 23.2 Å². The molecule has 1 nitrogen and oxygen atoms in total. The molecule has 0 bridgehead atoms. The highest BCUT2D eigenvalue weighted by atomic mass is 35.5. The van der Waals surface area contributed by atoms with Crippen LogP contribution in [0.15, 0.2) is 12.1 Å². The highest BCUT2D eigenvalue weighted by Crippen LogP contribution is 2.28. The number of halogens is 5. The Labute approximate surface area is 102 Å². The van der Waals surface area contributed by atoms with Gasteiger partial charge in [0.05, 0.1) is 11.6 Å². The summed E-state index contributed by atoms with van der Waals surface area (Å²) < 4.78 is 37.1. The number of rotatable bonds is 4. The van der Waals surface area contributed by atoms with Crippen LogP contribution in [0.5, 0.6) is 0 Å². The molecule has 0 aliphatic rings. The van der Waals surface area contributed by atoms with Gasteiger partial charge in [0.2, 0.25) is 0 Å². The fraction of sp³-hybridized carbons (Fsp3) is 0.400. The first kappa shape index (κ1) is 13.6. The zero-order valence-corrected chi connectivity index (χ0v) is 9.92. The minimum absolute atomic E-state index is 0.0881. The molecule has 0 radical (unpaired) electrons. The van der Waals surface area contributed by atoms with Crippen LogP contribution in [0.1, 0.15) is 18.5 Å². The summed E-state index contributed by atoms with van der Waals surface area (Å²) >= 11 is 11.4. The summed E-state index contributed by atoms with van der Waals surface area (Å²) in [5.74, 6) is -0.619. The fourth-order valence-electron chi connectivity index (χ4n) is 1.25. The third kappa shape index (κ3) is 3.54. The Morgan fingerprint density at radius 3 is 2.44 bits per heavy atom. The van der Waals surface area contributed by atoms with Gasteiger partial charge in [-0.05, 0) is 24.6 Å². The van der Waals surface area contributed by atoms with Crippen molar-refractivity contribution in [3.05, 3.63) is 33.6 Å². The van der Waals surface area contributed by atoms with Gasteiger partial charge in [0.25, 0.3) is 6.43 Å². The lowest BCUT2D eigenvalue weighted by Crippen LogP contribution is -2.24. The fourth-order valence-corrected chi connectivity index (χ4v) is 1.79. The van der Waals surface area contributed by atoms with Crippen molar-refractivity contribution in [3.63, 3.8) is 0 Å². The highest BCUT2D eigenvalue weighted by molar-refractivity contribution is 6.35. The van der Waals surface area contributed by atoms with Crippen LogP contribution in [0.4, 0.5) is 13.2 Å². The molecule has 0 aliphatic carbocycles. The first-order chi connectivity index (χ1) is 7.41. The van der Waals surface area contributed by atoms with Crippen LogP contribution in [0.25, 0.3) is 0 Å². The second kappa shape index (κ2) is 5.75. The zero-order valence-electron chi connectivity index (χ0n) is 8.41. The Morgan fingerprint density at radius 2 is 1.88 bits per heavy atom. The standard InChI is InChI=1S/C10H10Cl2F3N/c1-5(16-4-10(14)15)6-2-9(13)8(12)3-7(6)11/h2-3,5,10,16H,4H2,1H3. The predicted molar refractivity (Wildman–Crippen MR) is 58.8 cm³/mol. The SMILES string of the molecule is CC(NCC(F)F)c1cc(F)c(Cl)cc1Cl. The number of hydrogen-bond acceptors (Lipinski definition) is 1. The molecule has 0 amide bonds. The van der Waals surface area contributed by atoms with E-state index >= 15 is 0 Å². The maximum Gasteiger partial charge on any atom is 0.250 e. The van der Waals surface area contributed by atoms with E-state index in [0.717, 1.165) is 6.07 Å². The van der Waals surface area contributed by atoms with E-state index in [-0.39, 0.29) is 10.0 Å². The van der Waals surface area contributed by atoms with Gasteiger partial charge in [-0.15, -0.1) is 0 Å². The highest BCUT2D eigenvalue weighted by Gasteiger charge is 2.14. The molecule has 1 unspecified atom stereocenters. The number of benzene rings is 1. The average molecular weight is 272 g/mol. The quantitative estimate of drug-likeness (QED) is 0.815. The third-order valence-corrected chi connectivity index (χ3v) is 2.70. The number of nitrogens with one attached hydrogen (secondary N) is 1. The summed E-state index contributed by atoms with van der Waals surface area (Å²) in [4.78, 5) is 0. The van der Waals surface area contributed by atoms with Gasteiger partial charge >= 0.3 is 0 Å². The lowest BCUT2D eigenvalue weighted by Gasteiger charge is -2.15. The molecule has 1 atom stereocenters. The molecule has 0 saturated carbocycles. The van der Waals surface area contributed by atoms with E-state index in [2.05, 4.69) is 5.32 Å². The van der Waals surface area contributed by atoms with Gasteiger partial charge in [-0.3, -0.25) is 0 Å². The second-order valence-corrected chi connectivity index (χ2v) is 4.12. The van der Waals surface area contributed by atoms with Crippen molar-refractivity contribution < 1.29 is 13.2 Å². The van der Waals surface area contributed by atoms with E-state index in [1.165, 1.54) is 6.07 Å². The monoisotopic (exact) mass is 271 g/mol. The van der Waals surface area contributed by atoms with Gasteiger partial charge in [-0.25, -0.2) is 13.2 Å². The molecular formula is C10H10Cl2F3N. The lowest BCUT2D eigenvalue weighted by molar-refractivity contribution is 0.142.